The summed E-state index contributed by atoms with van der Waals surface area (Å²) >= 11 is 0. The maximum atomic E-state index is 12.5. The molecule has 0 spiro atoms. The molecule has 0 aromatic heterocycles. The molecule has 0 heterocycles. The molecule has 0 atom stereocenters. The number of rotatable bonds is 1. The van der Waals surface area contributed by atoms with Gasteiger partial charge >= 0.3 is 57.4 Å². The van der Waals surface area contributed by atoms with E-state index >= 15 is 0 Å². The SMILES string of the molecule is O=C(O)c1ccccc1F.[H-].[K+]. The van der Waals surface area contributed by atoms with Crippen molar-refractivity contribution in [3.63, 3.8) is 0 Å². The molecule has 54 valence electrons. The zero-order chi connectivity index (χ0) is 7.56. The minimum Gasteiger partial charge on any atom is -1.00 e. The number of benzene rings is 1. The maximum Gasteiger partial charge on any atom is 1.00 e. The van der Waals surface area contributed by atoms with E-state index in [1.807, 2.05) is 0 Å². The molecule has 0 amide bonds. The summed E-state index contributed by atoms with van der Waals surface area (Å²) in [7, 11) is 0. The summed E-state index contributed by atoms with van der Waals surface area (Å²) < 4.78 is 12.5. The van der Waals surface area contributed by atoms with Gasteiger partial charge in [-0.05, 0) is 12.1 Å². The molecule has 0 saturated heterocycles. The first kappa shape index (κ1) is 11.3. The van der Waals surface area contributed by atoms with Gasteiger partial charge in [-0.25, -0.2) is 9.18 Å². The molecule has 2 nitrogen and oxygen atoms in total. The van der Waals surface area contributed by atoms with Crippen molar-refractivity contribution in [2.75, 3.05) is 0 Å². The van der Waals surface area contributed by atoms with Crippen LogP contribution in [-0.2, 0) is 0 Å². The van der Waals surface area contributed by atoms with Crippen LogP contribution >= 0.6 is 0 Å². The van der Waals surface area contributed by atoms with Gasteiger partial charge in [-0.2, -0.15) is 0 Å². The van der Waals surface area contributed by atoms with Gasteiger partial charge < -0.3 is 6.53 Å². The van der Waals surface area contributed by atoms with Gasteiger partial charge in [0, 0.05) is 0 Å². The molecule has 0 unspecified atom stereocenters. The Morgan fingerprint density at radius 3 is 2.36 bits per heavy atom. The fraction of sp³-hybridized carbons (Fsp3) is 0. The second-order valence-corrected chi connectivity index (χ2v) is 1.78. The molecule has 1 rings (SSSR count). The molecule has 1 aromatic carbocycles. The van der Waals surface area contributed by atoms with E-state index in [-0.39, 0.29) is 58.4 Å². The third-order valence-electron chi connectivity index (χ3n) is 1.10. The molecule has 1 N–H and O–H groups in total. The van der Waals surface area contributed by atoms with Gasteiger partial charge in [0.2, 0.25) is 0 Å². The summed E-state index contributed by atoms with van der Waals surface area (Å²) in [6, 6.07) is 5.26. The first-order chi connectivity index (χ1) is 4.72. The zero-order valence-corrected chi connectivity index (χ0v) is 9.17. The van der Waals surface area contributed by atoms with Gasteiger partial charge in [0.25, 0.3) is 0 Å². The van der Waals surface area contributed by atoms with Crippen molar-refractivity contribution in [1.29, 1.82) is 0 Å². The minimum atomic E-state index is -1.24. The van der Waals surface area contributed by atoms with Crippen molar-refractivity contribution in [2.45, 2.75) is 0 Å². The van der Waals surface area contributed by atoms with E-state index in [1.165, 1.54) is 18.2 Å². The van der Waals surface area contributed by atoms with Crippen LogP contribution < -0.4 is 51.4 Å². The van der Waals surface area contributed by atoms with Gasteiger partial charge in [0.05, 0.1) is 5.56 Å². The fourth-order valence-corrected chi connectivity index (χ4v) is 0.635. The number of carboxylic acids is 1. The third-order valence-corrected chi connectivity index (χ3v) is 1.10. The summed E-state index contributed by atoms with van der Waals surface area (Å²) in [5.74, 6) is -1.94. The Hall–Kier alpha value is 0.256. The molecule has 4 heteroatoms. The van der Waals surface area contributed by atoms with E-state index in [4.69, 9.17) is 5.11 Å². The summed E-state index contributed by atoms with van der Waals surface area (Å²) in [5.41, 5.74) is -0.289. The van der Waals surface area contributed by atoms with Crippen molar-refractivity contribution in [1.82, 2.24) is 0 Å². The molecular formula is C7H6FKO2. The Kier molecular flexibility index (Phi) is 5.12. The second kappa shape index (κ2) is 5.00. The van der Waals surface area contributed by atoms with Crippen molar-refractivity contribution >= 4 is 5.97 Å². The smallest absolute Gasteiger partial charge is 1.00 e. The van der Waals surface area contributed by atoms with Crippen LogP contribution in [0.25, 0.3) is 0 Å². The molecule has 0 saturated carbocycles. The normalized spacial score (nSPS) is 8.45. The van der Waals surface area contributed by atoms with E-state index in [0.717, 1.165) is 6.07 Å². The number of hydrogen-bond donors (Lipinski definition) is 1. The largest absolute Gasteiger partial charge is 1.00 e. The fourth-order valence-electron chi connectivity index (χ4n) is 0.635. The minimum absolute atomic E-state index is 0. The third kappa shape index (κ3) is 3.00. The molecule has 0 aliphatic heterocycles. The van der Waals surface area contributed by atoms with Crippen molar-refractivity contribution < 1.29 is 67.1 Å². The van der Waals surface area contributed by atoms with Crippen LogP contribution in [-0.4, -0.2) is 11.1 Å². The van der Waals surface area contributed by atoms with Crippen LogP contribution in [0.3, 0.4) is 0 Å². The molecule has 0 radical (unpaired) electrons. The summed E-state index contributed by atoms with van der Waals surface area (Å²) in [5, 5.41) is 8.33. The molecular weight excluding hydrogens is 174 g/mol. The van der Waals surface area contributed by atoms with Crippen LogP contribution in [0, 0.1) is 5.82 Å². The van der Waals surface area contributed by atoms with Crippen LogP contribution in [0.4, 0.5) is 4.39 Å². The quantitative estimate of drug-likeness (QED) is 0.542. The molecule has 0 bridgehead atoms. The van der Waals surface area contributed by atoms with Crippen molar-refractivity contribution in [2.24, 2.45) is 0 Å². The predicted molar refractivity (Wildman–Crippen MR) is 34.5 cm³/mol. The number of aromatic carboxylic acids is 1. The summed E-state index contributed by atoms with van der Waals surface area (Å²) in [4.78, 5) is 10.2. The van der Waals surface area contributed by atoms with E-state index < -0.39 is 11.8 Å². The van der Waals surface area contributed by atoms with Gasteiger partial charge in [-0.15, -0.1) is 0 Å². The van der Waals surface area contributed by atoms with E-state index in [9.17, 15) is 9.18 Å². The monoisotopic (exact) mass is 180 g/mol. The van der Waals surface area contributed by atoms with Gasteiger partial charge in [-0.3, -0.25) is 0 Å². The Labute approximate surface area is 107 Å². The Morgan fingerprint density at radius 1 is 1.45 bits per heavy atom. The van der Waals surface area contributed by atoms with Crippen molar-refractivity contribution in [3.8, 4) is 0 Å². The summed E-state index contributed by atoms with van der Waals surface area (Å²) in [6.45, 7) is 0. The Balaban J connectivity index is 0. The standard InChI is InChI=1S/C7H5FO2.K.H/c8-6-4-2-1-3-5(6)7(9)10;;/h1-4H,(H,9,10);;/q;+1;-1. The number of carboxylic acid groups (broad SMARTS) is 1. The van der Waals surface area contributed by atoms with Crippen LogP contribution in [0.15, 0.2) is 24.3 Å². The van der Waals surface area contributed by atoms with Crippen LogP contribution in [0.5, 0.6) is 0 Å². The van der Waals surface area contributed by atoms with E-state index in [1.54, 1.807) is 0 Å². The van der Waals surface area contributed by atoms with E-state index in [0.29, 0.717) is 0 Å². The second-order valence-electron chi connectivity index (χ2n) is 1.78. The zero-order valence-electron chi connectivity index (χ0n) is 7.04. The molecule has 11 heavy (non-hydrogen) atoms. The molecule has 0 aliphatic carbocycles. The topological polar surface area (TPSA) is 37.3 Å². The molecule has 0 aliphatic rings. The first-order valence-corrected chi connectivity index (χ1v) is 2.69. The van der Waals surface area contributed by atoms with Crippen molar-refractivity contribution in [3.05, 3.63) is 35.6 Å². The Morgan fingerprint density at radius 2 is 2.00 bits per heavy atom. The first-order valence-electron chi connectivity index (χ1n) is 2.69. The number of carbonyl (C=O) groups is 1. The van der Waals surface area contributed by atoms with E-state index in [2.05, 4.69) is 0 Å². The number of halogens is 1. The van der Waals surface area contributed by atoms with Crippen LogP contribution in [0.1, 0.15) is 11.8 Å². The average molecular weight is 180 g/mol. The molecule has 0 fully saturated rings. The Bertz CT molecular complexity index is 267. The summed E-state index contributed by atoms with van der Waals surface area (Å²) in [6.07, 6.45) is 0. The van der Waals surface area contributed by atoms with Crippen LogP contribution in [0.2, 0.25) is 0 Å². The maximum absolute atomic E-state index is 12.5. The van der Waals surface area contributed by atoms with Gasteiger partial charge in [0.1, 0.15) is 5.82 Å². The molecule has 1 aromatic rings. The predicted octanol–water partition coefficient (Wildman–Crippen LogP) is -1.36. The average Bonchev–Trinajstić information content (AvgIpc) is 1.88. The van der Waals surface area contributed by atoms with Gasteiger partial charge in [0.15, 0.2) is 0 Å². The van der Waals surface area contributed by atoms with Gasteiger partial charge in [-0.1, -0.05) is 12.1 Å². The number of hydrogen-bond acceptors (Lipinski definition) is 1.